The molecule has 2 aliphatic rings. The molecule has 114 valence electrons. The number of nitrogens with zero attached hydrogens (tertiary/aromatic N) is 2. The fourth-order valence-electron chi connectivity index (χ4n) is 3.27. The zero-order valence-electron chi connectivity index (χ0n) is 11.5. The quantitative estimate of drug-likeness (QED) is 0.860. The molecule has 1 amide bonds. The molecule has 3 atom stereocenters. The molecule has 0 bridgehead atoms. The molecule has 1 aromatic heterocycles. The van der Waals surface area contributed by atoms with Gasteiger partial charge in [0.25, 0.3) is 5.91 Å². The standard InChI is InChI=1S/C14H16F3N3O/c1-8-11-6-18-4-9(11)7-20(8)13(21)12-3-2-10(5-19-12)14(15,16)17/h2-3,5,8-9,11,18H,4,6-7H2,1H3. The first-order valence-corrected chi connectivity index (χ1v) is 6.93. The maximum absolute atomic E-state index is 12.5. The highest BCUT2D eigenvalue weighted by molar-refractivity contribution is 5.92. The third kappa shape index (κ3) is 2.50. The van der Waals surface area contributed by atoms with Crippen LogP contribution in [-0.2, 0) is 6.18 Å². The number of halogens is 3. The number of alkyl halides is 3. The van der Waals surface area contributed by atoms with Gasteiger partial charge >= 0.3 is 6.18 Å². The van der Waals surface area contributed by atoms with E-state index in [1.807, 2.05) is 6.92 Å². The second-order valence-corrected chi connectivity index (χ2v) is 5.71. The molecule has 3 rings (SSSR count). The predicted octanol–water partition coefficient (Wildman–Crippen LogP) is 1.78. The lowest BCUT2D eigenvalue weighted by molar-refractivity contribution is -0.137. The van der Waals surface area contributed by atoms with Crippen LogP contribution in [0, 0.1) is 11.8 Å². The van der Waals surface area contributed by atoms with Gasteiger partial charge in [0.2, 0.25) is 0 Å². The van der Waals surface area contributed by atoms with Crippen LogP contribution in [0.4, 0.5) is 13.2 Å². The molecule has 4 nitrogen and oxygen atoms in total. The van der Waals surface area contributed by atoms with Crippen molar-refractivity contribution in [1.82, 2.24) is 15.2 Å². The van der Waals surface area contributed by atoms with Crippen molar-refractivity contribution < 1.29 is 18.0 Å². The molecule has 0 aromatic carbocycles. The van der Waals surface area contributed by atoms with Crippen molar-refractivity contribution in [2.45, 2.75) is 19.1 Å². The summed E-state index contributed by atoms with van der Waals surface area (Å²) in [6.07, 6.45) is -3.71. The largest absolute Gasteiger partial charge is 0.417 e. The summed E-state index contributed by atoms with van der Waals surface area (Å²) in [6.45, 7) is 4.40. The predicted molar refractivity (Wildman–Crippen MR) is 69.6 cm³/mol. The van der Waals surface area contributed by atoms with Crippen LogP contribution in [0.2, 0.25) is 0 Å². The van der Waals surface area contributed by atoms with Crippen LogP contribution >= 0.6 is 0 Å². The van der Waals surface area contributed by atoms with Gasteiger partial charge in [-0.3, -0.25) is 9.78 Å². The minimum absolute atomic E-state index is 0.0720. The van der Waals surface area contributed by atoms with Crippen molar-refractivity contribution in [2.24, 2.45) is 11.8 Å². The summed E-state index contributed by atoms with van der Waals surface area (Å²) < 4.78 is 37.5. The number of aromatic nitrogens is 1. The van der Waals surface area contributed by atoms with Crippen molar-refractivity contribution in [2.75, 3.05) is 19.6 Å². The Kier molecular flexibility index (Phi) is 3.39. The van der Waals surface area contributed by atoms with Gasteiger partial charge in [-0.1, -0.05) is 0 Å². The minimum Gasteiger partial charge on any atom is -0.334 e. The van der Waals surface area contributed by atoms with Gasteiger partial charge in [0.1, 0.15) is 5.69 Å². The Balaban J connectivity index is 1.77. The van der Waals surface area contributed by atoms with E-state index in [-0.39, 0.29) is 17.6 Å². The zero-order valence-corrected chi connectivity index (χ0v) is 11.5. The average Bonchev–Trinajstić information content (AvgIpc) is 3.01. The van der Waals surface area contributed by atoms with Crippen LogP contribution in [0.25, 0.3) is 0 Å². The van der Waals surface area contributed by atoms with Crippen LogP contribution < -0.4 is 5.32 Å². The molecular formula is C14H16F3N3O. The molecule has 2 aliphatic heterocycles. The SMILES string of the molecule is CC1C2CNCC2CN1C(=O)c1ccc(C(F)(F)F)cn1. The van der Waals surface area contributed by atoms with Crippen LogP contribution in [0.15, 0.2) is 18.3 Å². The van der Waals surface area contributed by atoms with Gasteiger partial charge in [0.05, 0.1) is 5.56 Å². The minimum atomic E-state index is -4.43. The van der Waals surface area contributed by atoms with Crippen LogP contribution in [0.1, 0.15) is 23.0 Å². The van der Waals surface area contributed by atoms with E-state index in [1.54, 1.807) is 4.90 Å². The molecule has 0 radical (unpaired) electrons. The van der Waals surface area contributed by atoms with Crippen LogP contribution in [0.3, 0.4) is 0 Å². The Morgan fingerprint density at radius 2 is 2.14 bits per heavy atom. The molecule has 21 heavy (non-hydrogen) atoms. The number of carbonyl (C=O) groups is 1. The van der Waals surface area contributed by atoms with Gasteiger partial charge in [0, 0.05) is 31.9 Å². The van der Waals surface area contributed by atoms with Gasteiger partial charge < -0.3 is 10.2 Å². The van der Waals surface area contributed by atoms with Gasteiger partial charge in [-0.2, -0.15) is 13.2 Å². The lowest BCUT2D eigenvalue weighted by Gasteiger charge is -2.24. The zero-order chi connectivity index (χ0) is 15.2. The second kappa shape index (κ2) is 4.98. The first-order chi connectivity index (χ1) is 9.88. The van der Waals surface area contributed by atoms with E-state index in [4.69, 9.17) is 0 Å². The summed E-state index contributed by atoms with van der Waals surface area (Å²) in [6, 6.07) is 2.15. The Morgan fingerprint density at radius 3 is 2.71 bits per heavy atom. The Bertz CT molecular complexity index is 543. The first kappa shape index (κ1) is 14.3. The summed E-state index contributed by atoms with van der Waals surface area (Å²) >= 11 is 0. The maximum atomic E-state index is 12.5. The topological polar surface area (TPSA) is 45.2 Å². The number of hydrogen-bond acceptors (Lipinski definition) is 3. The van der Waals surface area contributed by atoms with Crippen LogP contribution in [0.5, 0.6) is 0 Å². The summed E-state index contributed by atoms with van der Waals surface area (Å²) in [5.41, 5.74) is -0.766. The molecule has 1 aromatic rings. The first-order valence-electron chi connectivity index (χ1n) is 6.93. The van der Waals surface area contributed by atoms with Gasteiger partial charge in [-0.05, 0) is 30.9 Å². The van der Waals surface area contributed by atoms with E-state index in [1.165, 1.54) is 0 Å². The van der Waals surface area contributed by atoms with E-state index in [0.717, 1.165) is 31.4 Å². The van der Waals surface area contributed by atoms with E-state index >= 15 is 0 Å². The fourth-order valence-corrected chi connectivity index (χ4v) is 3.27. The van der Waals surface area contributed by atoms with Crippen LogP contribution in [-0.4, -0.2) is 41.5 Å². The third-order valence-corrected chi connectivity index (χ3v) is 4.51. The number of likely N-dealkylation sites (tertiary alicyclic amines) is 1. The number of rotatable bonds is 1. The van der Waals surface area contributed by atoms with Crippen molar-refractivity contribution in [3.63, 3.8) is 0 Å². The van der Waals surface area contributed by atoms with Gasteiger partial charge in [-0.15, -0.1) is 0 Å². The third-order valence-electron chi connectivity index (χ3n) is 4.51. The molecule has 1 N–H and O–H groups in total. The number of fused-ring (bicyclic) bond motifs is 1. The molecule has 3 unspecified atom stereocenters. The highest BCUT2D eigenvalue weighted by Gasteiger charge is 2.44. The Hall–Kier alpha value is -1.63. The number of nitrogens with one attached hydrogen (secondary N) is 1. The van der Waals surface area contributed by atoms with Gasteiger partial charge in [0.15, 0.2) is 0 Å². The van der Waals surface area contributed by atoms with Crippen molar-refractivity contribution in [3.8, 4) is 0 Å². The molecule has 0 aliphatic carbocycles. The highest BCUT2D eigenvalue weighted by atomic mass is 19.4. The smallest absolute Gasteiger partial charge is 0.334 e. The van der Waals surface area contributed by atoms with E-state index in [9.17, 15) is 18.0 Å². The average molecular weight is 299 g/mol. The van der Waals surface area contributed by atoms with E-state index < -0.39 is 11.7 Å². The number of amides is 1. The van der Waals surface area contributed by atoms with E-state index in [0.29, 0.717) is 18.4 Å². The summed E-state index contributed by atoms with van der Waals surface area (Å²) in [7, 11) is 0. The van der Waals surface area contributed by atoms with Crippen molar-refractivity contribution in [1.29, 1.82) is 0 Å². The lowest BCUT2D eigenvalue weighted by atomic mass is 9.95. The maximum Gasteiger partial charge on any atom is 0.417 e. The second-order valence-electron chi connectivity index (χ2n) is 5.71. The monoisotopic (exact) mass is 299 g/mol. The number of carbonyl (C=O) groups excluding carboxylic acids is 1. The normalized spacial score (nSPS) is 28.8. The number of pyridine rings is 1. The summed E-state index contributed by atoms with van der Waals surface area (Å²) in [5.74, 6) is 0.562. The summed E-state index contributed by atoms with van der Waals surface area (Å²) in [4.78, 5) is 17.8. The Morgan fingerprint density at radius 1 is 1.38 bits per heavy atom. The molecular weight excluding hydrogens is 283 g/mol. The van der Waals surface area contributed by atoms with Crippen molar-refractivity contribution in [3.05, 3.63) is 29.6 Å². The number of hydrogen-bond donors (Lipinski definition) is 1. The summed E-state index contributed by atoms with van der Waals surface area (Å²) in [5, 5.41) is 3.30. The molecule has 3 heterocycles. The molecule has 7 heteroatoms. The lowest BCUT2D eigenvalue weighted by Crippen LogP contribution is -2.38. The molecule has 2 fully saturated rings. The highest BCUT2D eigenvalue weighted by Crippen LogP contribution is 2.33. The van der Waals surface area contributed by atoms with E-state index in [2.05, 4.69) is 10.3 Å². The molecule has 0 saturated carbocycles. The Labute approximate surface area is 120 Å². The molecule has 2 saturated heterocycles. The van der Waals surface area contributed by atoms with Crippen molar-refractivity contribution >= 4 is 5.91 Å². The molecule has 0 spiro atoms. The van der Waals surface area contributed by atoms with Gasteiger partial charge in [-0.25, -0.2) is 0 Å². The fraction of sp³-hybridized carbons (Fsp3) is 0.571.